The van der Waals surface area contributed by atoms with Gasteiger partial charge in [-0.25, -0.2) is 8.42 Å². The largest absolute Gasteiger partial charge is 0.288 e. The number of alkyl halides is 2. The first-order valence-corrected chi connectivity index (χ1v) is 8.75. The molecule has 108 valence electrons. The summed E-state index contributed by atoms with van der Waals surface area (Å²) in [4.78, 5) is 0.363. The fourth-order valence-corrected chi connectivity index (χ4v) is 4.39. The predicted molar refractivity (Wildman–Crippen MR) is 78.4 cm³/mol. The quantitative estimate of drug-likeness (QED) is 0.802. The highest BCUT2D eigenvalue weighted by molar-refractivity contribution is 7.99. The zero-order chi connectivity index (χ0) is 14.8. The van der Waals surface area contributed by atoms with E-state index in [2.05, 4.69) is 4.72 Å². The van der Waals surface area contributed by atoms with Gasteiger partial charge in [-0.05, 0) is 36.4 Å². The number of rotatable bonds is 5. The summed E-state index contributed by atoms with van der Waals surface area (Å²) in [6, 6.07) is 8.60. The number of halogens is 3. The lowest BCUT2D eigenvalue weighted by Gasteiger charge is -2.07. The Bertz CT molecular complexity index is 686. The fraction of sp³-hybridized carbons (Fsp3) is 0.0909. The second-order valence-corrected chi connectivity index (χ2v) is 8.25. The predicted octanol–water partition coefficient (Wildman–Crippen LogP) is 4.52. The average molecular weight is 356 g/mol. The molecule has 1 N–H and O–H groups in total. The highest BCUT2D eigenvalue weighted by Crippen LogP contribution is 2.29. The first kappa shape index (κ1) is 15.6. The first-order valence-electron chi connectivity index (χ1n) is 5.20. The molecule has 0 fully saturated rings. The molecule has 0 radical (unpaired) electrons. The molecule has 1 aromatic heterocycles. The summed E-state index contributed by atoms with van der Waals surface area (Å²) < 4.78 is 51.1. The van der Waals surface area contributed by atoms with Crippen LogP contribution in [0, 0.1) is 0 Å². The smallest absolute Gasteiger partial charge is 0.279 e. The van der Waals surface area contributed by atoms with Gasteiger partial charge in [-0.15, -0.1) is 11.3 Å². The molecule has 9 heteroatoms. The van der Waals surface area contributed by atoms with Crippen molar-refractivity contribution in [2.45, 2.75) is 14.9 Å². The fourth-order valence-electron chi connectivity index (χ4n) is 1.35. The van der Waals surface area contributed by atoms with Gasteiger partial charge in [0.15, 0.2) is 0 Å². The third-order valence-electron chi connectivity index (χ3n) is 2.15. The van der Waals surface area contributed by atoms with Gasteiger partial charge in [0.2, 0.25) is 0 Å². The van der Waals surface area contributed by atoms with Crippen LogP contribution in [-0.4, -0.2) is 14.2 Å². The van der Waals surface area contributed by atoms with Crippen molar-refractivity contribution in [2.24, 2.45) is 0 Å². The Kier molecular flexibility index (Phi) is 4.90. The Morgan fingerprint density at radius 2 is 1.80 bits per heavy atom. The topological polar surface area (TPSA) is 46.2 Å². The molecule has 0 saturated heterocycles. The summed E-state index contributed by atoms with van der Waals surface area (Å²) in [6.07, 6.45) is 0. The van der Waals surface area contributed by atoms with Gasteiger partial charge in [0.1, 0.15) is 4.21 Å². The Hall–Kier alpha value is -0.830. The van der Waals surface area contributed by atoms with Crippen LogP contribution in [0.5, 0.6) is 0 Å². The van der Waals surface area contributed by atoms with Crippen LogP contribution in [0.1, 0.15) is 0 Å². The van der Waals surface area contributed by atoms with E-state index in [0.29, 0.717) is 26.7 Å². The maximum atomic E-state index is 12.2. The van der Waals surface area contributed by atoms with E-state index in [0.717, 1.165) is 11.3 Å². The van der Waals surface area contributed by atoms with Crippen LogP contribution in [-0.2, 0) is 10.0 Å². The number of hydrogen-bond acceptors (Lipinski definition) is 4. The van der Waals surface area contributed by atoms with E-state index >= 15 is 0 Å². The molecule has 2 aromatic rings. The summed E-state index contributed by atoms with van der Waals surface area (Å²) in [7, 11) is -3.70. The van der Waals surface area contributed by atoms with Crippen LogP contribution < -0.4 is 4.72 Å². The molecule has 1 heterocycles. The summed E-state index contributed by atoms with van der Waals surface area (Å²) in [5, 5.41) is 0. The molecule has 0 amide bonds. The third-order valence-corrected chi connectivity index (χ3v) is 5.97. The molecule has 0 saturated carbocycles. The second-order valence-electron chi connectivity index (χ2n) is 3.57. The average Bonchev–Trinajstić information content (AvgIpc) is 2.78. The zero-order valence-corrected chi connectivity index (χ0v) is 12.9. The monoisotopic (exact) mass is 355 g/mol. The van der Waals surface area contributed by atoms with Gasteiger partial charge in [-0.3, -0.25) is 4.72 Å². The molecule has 0 aliphatic rings. The van der Waals surface area contributed by atoms with Gasteiger partial charge in [-0.1, -0.05) is 23.4 Å². The number of nitrogens with one attached hydrogen (secondary N) is 1. The van der Waals surface area contributed by atoms with Crippen LogP contribution in [0.3, 0.4) is 0 Å². The van der Waals surface area contributed by atoms with Crippen molar-refractivity contribution in [3.63, 3.8) is 0 Å². The molecule has 20 heavy (non-hydrogen) atoms. The minimum absolute atomic E-state index is 0.0912. The van der Waals surface area contributed by atoms with Gasteiger partial charge in [0.05, 0.1) is 4.34 Å². The Labute approximate surface area is 128 Å². The van der Waals surface area contributed by atoms with E-state index in [1.54, 1.807) is 0 Å². The first-order chi connectivity index (χ1) is 9.37. The van der Waals surface area contributed by atoms with Crippen molar-refractivity contribution in [1.82, 2.24) is 0 Å². The number of thiophene rings is 1. The van der Waals surface area contributed by atoms with Crippen LogP contribution >= 0.6 is 34.7 Å². The summed E-state index contributed by atoms with van der Waals surface area (Å²) in [5.41, 5.74) is 0.299. The standard InChI is InChI=1S/C11H8ClF2NO2S3/c12-9-5-6-10(19-9)20(16,17)15-7-1-3-8(4-2-7)18-11(13)14/h1-6,11,15H. The lowest BCUT2D eigenvalue weighted by molar-refractivity contribution is 0.252. The van der Waals surface area contributed by atoms with Crippen molar-refractivity contribution >= 4 is 50.4 Å². The van der Waals surface area contributed by atoms with E-state index in [4.69, 9.17) is 11.6 Å². The van der Waals surface area contributed by atoms with Crippen molar-refractivity contribution in [1.29, 1.82) is 0 Å². The number of sulfonamides is 1. The van der Waals surface area contributed by atoms with Crippen LogP contribution in [0.25, 0.3) is 0 Å². The van der Waals surface area contributed by atoms with Gasteiger partial charge in [-0.2, -0.15) is 8.78 Å². The van der Waals surface area contributed by atoms with Gasteiger partial charge < -0.3 is 0 Å². The van der Waals surface area contributed by atoms with Crippen molar-refractivity contribution in [3.8, 4) is 0 Å². The lowest BCUT2D eigenvalue weighted by atomic mass is 10.3. The normalized spacial score (nSPS) is 11.8. The number of anilines is 1. The molecule has 0 bridgehead atoms. The third kappa shape index (κ3) is 4.08. The Morgan fingerprint density at radius 3 is 2.30 bits per heavy atom. The van der Waals surface area contributed by atoms with Gasteiger partial charge >= 0.3 is 0 Å². The Morgan fingerprint density at radius 1 is 1.15 bits per heavy atom. The minimum Gasteiger partial charge on any atom is -0.279 e. The minimum atomic E-state index is -3.70. The maximum Gasteiger partial charge on any atom is 0.288 e. The molecule has 2 rings (SSSR count). The SMILES string of the molecule is O=S(=O)(Nc1ccc(SC(F)F)cc1)c1ccc(Cl)s1. The number of thioether (sulfide) groups is 1. The summed E-state index contributed by atoms with van der Waals surface area (Å²) in [5.74, 6) is -2.51. The Balaban J connectivity index is 2.13. The molecule has 0 unspecified atom stereocenters. The van der Waals surface area contributed by atoms with Crippen LogP contribution in [0.15, 0.2) is 45.5 Å². The van der Waals surface area contributed by atoms with Crippen molar-refractivity contribution < 1.29 is 17.2 Å². The van der Waals surface area contributed by atoms with E-state index in [9.17, 15) is 17.2 Å². The molecule has 0 atom stereocenters. The van der Waals surface area contributed by atoms with E-state index in [1.807, 2.05) is 0 Å². The van der Waals surface area contributed by atoms with E-state index in [1.165, 1.54) is 36.4 Å². The highest BCUT2D eigenvalue weighted by atomic mass is 35.5. The van der Waals surface area contributed by atoms with E-state index in [-0.39, 0.29) is 4.21 Å². The van der Waals surface area contributed by atoms with Crippen LogP contribution in [0.2, 0.25) is 4.34 Å². The summed E-state index contributed by atoms with van der Waals surface area (Å²) >= 11 is 7.03. The molecule has 0 aliphatic heterocycles. The number of hydrogen-bond donors (Lipinski definition) is 1. The summed E-state index contributed by atoms with van der Waals surface area (Å²) in [6.45, 7) is 0. The second kappa shape index (κ2) is 6.30. The molecule has 1 aromatic carbocycles. The van der Waals surface area contributed by atoms with Crippen LogP contribution in [0.4, 0.5) is 14.5 Å². The van der Waals surface area contributed by atoms with Crippen molar-refractivity contribution in [3.05, 3.63) is 40.7 Å². The van der Waals surface area contributed by atoms with E-state index < -0.39 is 15.8 Å². The highest BCUT2D eigenvalue weighted by Gasteiger charge is 2.16. The molecule has 0 spiro atoms. The lowest BCUT2D eigenvalue weighted by Crippen LogP contribution is -2.11. The molecular weight excluding hydrogens is 348 g/mol. The van der Waals surface area contributed by atoms with Gasteiger partial charge in [0, 0.05) is 10.6 Å². The van der Waals surface area contributed by atoms with Crippen molar-refractivity contribution in [2.75, 3.05) is 4.72 Å². The maximum absolute atomic E-state index is 12.2. The molecular formula is C11H8ClF2NO2S3. The molecule has 0 aliphatic carbocycles. The number of benzene rings is 1. The molecule has 3 nitrogen and oxygen atoms in total. The zero-order valence-electron chi connectivity index (χ0n) is 9.72. The van der Waals surface area contributed by atoms with Gasteiger partial charge in [0.25, 0.3) is 15.8 Å².